The Bertz CT molecular complexity index is 1570. The maximum Gasteiger partial charge on any atom is 0.175 e. The third-order valence-electron chi connectivity index (χ3n) is 6.99. The lowest BCUT2D eigenvalue weighted by molar-refractivity contribution is -0.128. The zero-order chi connectivity index (χ0) is 25.4. The number of fused-ring (bicyclic) bond motifs is 4. The summed E-state index contributed by atoms with van der Waals surface area (Å²) in [7, 11) is 0. The highest BCUT2D eigenvalue weighted by Gasteiger charge is 2.22. The van der Waals surface area contributed by atoms with Gasteiger partial charge in [-0.15, -0.1) is 11.8 Å². The SMILES string of the molecule is CC(C)(C)C(=O)COc1ccc(CSC2=c3c(Cl)cccc3=c3ccc4c(c3C2)CCCC=4)cc1Cl. The van der Waals surface area contributed by atoms with Crippen molar-refractivity contribution in [1.82, 2.24) is 0 Å². The Morgan fingerprint density at radius 3 is 2.61 bits per heavy atom. The van der Waals surface area contributed by atoms with Crippen molar-refractivity contribution in [3.63, 3.8) is 0 Å². The Kier molecular flexibility index (Phi) is 7.27. The lowest BCUT2D eigenvalue weighted by Gasteiger charge is -2.20. The number of hydrogen-bond donors (Lipinski definition) is 0. The van der Waals surface area contributed by atoms with Gasteiger partial charge in [0.15, 0.2) is 5.78 Å². The number of Topliss-reactive ketones (excluding diaryl/α,β-unsaturated/α-hetero) is 1. The maximum absolute atomic E-state index is 12.2. The van der Waals surface area contributed by atoms with E-state index >= 15 is 0 Å². The zero-order valence-corrected chi connectivity index (χ0v) is 23.2. The Balaban J connectivity index is 1.43. The Hall–Kier alpha value is -2.20. The molecule has 0 saturated carbocycles. The fourth-order valence-corrected chi connectivity index (χ4v) is 6.61. The van der Waals surface area contributed by atoms with Gasteiger partial charge in [0.25, 0.3) is 0 Å². The highest BCUT2D eigenvalue weighted by atomic mass is 35.5. The van der Waals surface area contributed by atoms with Crippen molar-refractivity contribution in [3.8, 4) is 5.75 Å². The van der Waals surface area contributed by atoms with E-state index in [1.165, 1.54) is 38.1 Å². The van der Waals surface area contributed by atoms with Crippen LogP contribution in [0, 0.1) is 15.9 Å². The van der Waals surface area contributed by atoms with Crippen LogP contribution in [0.5, 0.6) is 5.75 Å². The molecule has 186 valence electrons. The molecule has 0 aliphatic heterocycles. The van der Waals surface area contributed by atoms with Gasteiger partial charge >= 0.3 is 0 Å². The monoisotopic (exact) mass is 536 g/mol. The molecular formula is C31H30Cl2O2S. The molecule has 0 radical (unpaired) electrons. The highest BCUT2D eigenvalue weighted by molar-refractivity contribution is 8.07. The first-order valence-electron chi connectivity index (χ1n) is 12.4. The predicted molar refractivity (Wildman–Crippen MR) is 152 cm³/mol. The van der Waals surface area contributed by atoms with Crippen molar-refractivity contribution in [2.45, 2.75) is 52.2 Å². The van der Waals surface area contributed by atoms with E-state index in [0.29, 0.717) is 10.8 Å². The Morgan fingerprint density at radius 2 is 1.83 bits per heavy atom. The van der Waals surface area contributed by atoms with E-state index in [1.807, 2.05) is 62.9 Å². The third kappa shape index (κ3) is 5.11. The molecule has 0 spiro atoms. The molecule has 5 heteroatoms. The van der Waals surface area contributed by atoms with Crippen LogP contribution in [0.15, 0.2) is 48.5 Å². The molecule has 0 bridgehead atoms. The molecule has 0 saturated heterocycles. The molecule has 2 aliphatic rings. The third-order valence-corrected chi connectivity index (χ3v) is 8.77. The van der Waals surface area contributed by atoms with E-state index in [4.69, 9.17) is 27.9 Å². The number of carbonyl (C=O) groups is 1. The van der Waals surface area contributed by atoms with Crippen molar-refractivity contribution in [2.75, 3.05) is 6.61 Å². The first-order valence-corrected chi connectivity index (χ1v) is 14.2. The fourth-order valence-electron chi connectivity index (χ4n) is 4.87. The van der Waals surface area contributed by atoms with Crippen LogP contribution in [0.4, 0.5) is 0 Å². The highest BCUT2D eigenvalue weighted by Crippen LogP contribution is 2.33. The van der Waals surface area contributed by atoms with E-state index in [2.05, 4.69) is 24.3 Å². The van der Waals surface area contributed by atoms with Crippen molar-refractivity contribution in [1.29, 1.82) is 0 Å². The van der Waals surface area contributed by atoms with Gasteiger partial charge in [0, 0.05) is 27.8 Å². The smallest absolute Gasteiger partial charge is 0.175 e. The number of ketones is 1. The van der Waals surface area contributed by atoms with Gasteiger partial charge in [-0.2, -0.15) is 0 Å². The van der Waals surface area contributed by atoms with Crippen LogP contribution in [0.25, 0.3) is 11.0 Å². The molecule has 5 rings (SSSR count). The number of carbonyl (C=O) groups excluding carboxylic acids is 1. The first-order chi connectivity index (χ1) is 17.2. The number of thioether (sulfide) groups is 1. The average molecular weight is 538 g/mol. The van der Waals surface area contributed by atoms with Gasteiger partial charge in [0.05, 0.1) is 5.02 Å². The number of hydrogen-bond acceptors (Lipinski definition) is 3. The van der Waals surface area contributed by atoms with Crippen LogP contribution < -0.4 is 15.2 Å². The van der Waals surface area contributed by atoms with Gasteiger partial charge in [-0.25, -0.2) is 0 Å². The van der Waals surface area contributed by atoms with Crippen LogP contribution in [-0.4, -0.2) is 12.4 Å². The molecule has 2 aliphatic carbocycles. The second-order valence-electron chi connectivity index (χ2n) is 10.5. The van der Waals surface area contributed by atoms with Crippen LogP contribution in [0.3, 0.4) is 0 Å². The van der Waals surface area contributed by atoms with E-state index < -0.39 is 5.41 Å². The summed E-state index contributed by atoms with van der Waals surface area (Å²) in [6.07, 6.45) is 6.78. The quantitative estimate of drug-likeness (QED) is 0.339. The summed E-state index contributed by atoms with van der Waals surface area (Å²) in [6, 6.07) is 16.6. The summed E-state index contributed by atoms with van der Waals surface area (Å²) >= 11 is 15.1. The molecule has 0 heterocycles. The van der Waals surface area contributed by atoms with Crippen molar-refractivity contribution >= 4 is 51.7 Å². The Morgan fingerprint density at radius 1 is 1.00 bits per heavy atom. The van der Waals surface area contributed by atoms with Gasteiger partial charge < -0.3 is 4.74 Å². The number of halogens is 2. The Labute approximate surface area is 226 Å². The van der Waals surface area contributed by atoms with Crippen LogP contribution in [0.2, 0.25) is 10.0 Å². The van der Waals surface area contributed by atoms with Gasteiger partial charge in [-0.05, 0) is 74.7 Å². The molecule has 0 fully saturated rings. The van der Waals surface area contributed by atoms with Crippen LogP contribution in [0.1, 0.15) is 50.3 Å². The van der Waals surface area contributed by atoms with E-state index in [1.54, 1.807) is 0 Å². The molecule has 3 aromatic carbocycles. The lowest BCUT2D eigenvalue weighted by atomic mass is 9.89. The van der Waals surface area contributed by atoms with E-state index in [0.717, 1.165) is 40.8 Å². The van der Waals surface area contributed by atoms with Gasteiger partial charge in [0.1, 0.15) is 12.4 Å². The summed E-state index contributed by atoms with van der Waals surface area (Å²) < 4.78 is 5.71. The van der Waals surface area contributed by atoms with Crippen LogP contribution >= 0.6 is 35.0 Å². The minimum atomic E-state index is -0.437. The molecule has 0 amide bonds. The molecule has 3 aromatic rings. The normalized spacial score (nSPS) is 14.4. The summed E-state index contributed by atoms with van der Waals surface area (Å²) in [5.74, 6) is 1.36. The second-order valence-corrected chi connectivity index (χ2v) is 12.4. The first kappa shape index (κ1) is 25.4. The number of benzene rings is 3. The molecular weight excluding hydrogens is 507 g/mol. The standard InChI is InChI=1S/C31H30Cl2O2S/c1-31(2,3)29(34)17-35-27-14-11-19(15-26(27)33)18-36-28-16-24-21-8-5-4-7-20(21)12-13-22(24)23-9-6-10-25(32)30(23)28/h6-7,9-15H,4-5,8,16-18H2,1-3H3. The molecule has 0 atom stereocenters. The molecule has 36 heavy (non-hydrogen) atoms. The lowest BCUT2D eigenvalue weighted by Crippen LogP contribution is -2.26. The van der Waals surface area contributed by atoms with E-state index in [9.17, 15) is 4.79 Å². The van der Waals surface area contributed by atoms with Gasteiger partial charge in [0.2, 0.25) is 0 Å². The molecule has 0 N–H and O–H groups in total. The second kappa shape index (κ2) is 10.3. The predicted octanol–water partition coefficient (Wildman–Crippen LogP) is 6.99. The van der Waals surface area contributed by atoms with Gasteiger partial charge in [-0.1, -0.05) is 80.4 Å². The largest absolute Gasteiger partial charge is 0.484 e. The van der Waals surface area contributed by atoms with Crippen molar-refractivity contribution in [2.24, 2.45) is 5.41 Å². The van der Waals surface area contributed by atoms with E-state index in [-0.39, 0.29) is 12.4 Å². The topological polar surface area (TPSA) is 26.3 Å². The van der Waals surface area contributed by atoms with Gasteiger partial charge in [-0.3, -0.25) is 4.79 Å². The number of rotatable bonds is 6. The molecule has 0 aromatic heterocycles. The molecule has 0 unspecified atom stereocenters. The number of ether oxygens (including phenoxy) is 1. The summed E-state index contributed by atoms with van der Waals surface area (Å²) in [5, 5.41) is 6.42. The molecule has 2 nitrogen and oxygen atoms in total. The summed E-state index contributed by atoms with van der Waals surface area (Å²) in [6.45, 7) is 5.69. The fraction of sp³-hybridized carbons (Fsp3) is 0.323. The van der Waals surface area contributed by atoms with Crippen molar-refractivity contribution in [3.05, 3.63) is 96.1 Å². The average Bonchev–Trinajstić information content (AvgIpc) is 2.85. The summed E-state index contributed by atoms with van der Waals surface area (Å²) in [5.41, 5.74) is 3.62. The maximum atomic E-state index is 12.2. The minimum Gasteiger partial charge on any atom is -0.484 e. The van der Waals surface area contributed by atoms with Crippen LogP contribution in [-0.2, 0) is 23.4 Å². The van der Waals surface area contributed by atoms with Crippen molar-refractivity contribution < 1.29 is 9.53 Å². The summed E-state index contributed by atoms with van der Waals surface area (Å²) in [4.78, 5) is 13.5. The zero-order valence-electron chi connectivity index (χ0n) is 20.9. The minimum absolute atomic E-state index is 0.0195.